The predicted molar refractivity (Wildman–Crippen MR) is 91.2 cm³/mol. The molecule has 2 N–H and O–H groups in total. The Morgan fingerprint density at radius 1 is 1.29 bits per heavy atom. The van der Waals surface area contributed by atoms with Gasteiger partial charge in [0, 0.05) is 22.7 Å². The van der Waals surface area contributed by atoms with E-state index in [2.05, 4.69) is 39.8 Å². The maximum absolute atomic E-state index is 12.3. The van der Waals surface area contributed by atoms with E-state index in [-0.39, 0.29) is 0 Å². The molecule has 1 aromatic heterocycles. The zero-order valence-electron chi connectivity index (χ0n) is 11.8. The number of benzene rings is 1. The van der Waals surface area contributed by atoms with Crippen LogP contribution in [0.1, 0.15) is 19.4 Å². The third-order valence-corrected chi connectivity index (χ3v) is 6.05. The molecule has 0 aliphatic carbocycles. The van der Waals surface area contributed by atoms with Gasteiger partial charge in [-0.3, -0.25) is 4.72 Å². The largest absolute Gasteiger partial charge is 0.310 e. The van der Waals surface area contributed by atoms with Crippen LogP contribution in [0.25, 0.3) is 0 Å². The zero-order chi connectivity index (χ0) is 15.5. The second-order valence-electron chi connectivity index (χ2n) is 4.93. The molecule has 0 aliphatic heterocycles. The van der Waals surface area contributed by atoms with E-state index in [9.17, 15) is 8.42 Å². The van der Waals surface area contributed by atoms with E-state index in [0.717, 1.165) is 10.0 Å². The van der Waals surface area contributed by atoms with Crippen LogP contribution in [0.2, 0.25) is 0 Å². The van der Waals surface area contributed by atoms with Crippen molar-refractivity contribution in [2.45, 2.75) is 30.6 Å². The van der Waals surface area contributed by atoms with Gasteiger partial charge in [0.1, 0.15) is 4.21 Å². The van der Waals surface area contributed by atoms with Crippen molar-refractivity contribution >= 4 is 43.0 Å². The molecular weight excluding hydrogens is 372 g/mol. The van der Waals surface area contributed by atoms with Gasteiger partial charge >= 0.3 is 0 Å². The normalized spacial score (nSPS) is 11.8. The van der Waals surface area contributed by atoms with Crippen LogP contribution in [0.3, 0.4) is 0 Å². The lowest BCUT2D eigenvalue weighted by Crippen LogP contribution is -2.21. The van der Waals surface area contributed by atoms with Crippen LogP contribution in [0.15, 0.2) is 44.4 Å². The van der Waals surface area contributed by atoms with Crippen LogP contribution in [0.5, 0.6) is 0 Å². The maximum Gasteiger partial charge on any atom is 0.271 e. The minimum atomic E-state index is -3.53. The number of sulfonamides is 1. The number of hydrogen-bond donors (Lipinski definition) is 2. The van der Waals surface area contributed by atoms with Crippen molar-refractivity contribution in [1.82, 2.24) is 5.32 Å². The smallest absolute Gasteiger partial charge is 0.271 e. The fourth-order valence-electron chi connectivity index (χ4n) is 1.67. The predicted octanol–water partition coefficient (Wildman–Crippen LogP) is 3.81. The minimum absolute atomic E-state index is 0.322. The molecule has 0 spiro atoms. The van der Waals surface area contributed by atoms with Crippen molar-refractivity contribution in [3.8, 4) is 0 Å². The highest BCUT2D eigenvalue weighted by molar-refractivity contribution is 9.10. The Morgan fingerprint density at radius 3 is 2.71 bits per heavy atom. The molecule has 0 bridgehead atoms. The fourth-order valence-corrected chi connectivity index (χ4v) is 4.32. The van der Waals surface area contributed by atoms with E-state index < -0.39 is 10.0 Å². The Kier molecular flexibility index (Phi) is 5.43. The molecule has 114 valence electrons. The molecule has 21 heavy (non-hydrogen) atoms. The highest BCUT2D eigenvalue weighted by Gasteiger charge is 2.17. The number of thiophene rings is 1. The van der Waals surface area contributed by atoms with Crippen molar-refractivity contribution in [2.24, 2.45) is 0 Å². The van der Waals surface area contributed by atoms with E-state index in [0.29, 0.717) is 22.5 Å². The lowest BCUT2D eigenvalue weighted by atomic mass is 10.3. The number of nitrogens with one attached hydrogen (secondary N) is 2. The summed E-state index contributed by atoms with van der Waals surface area (Å²) >= 11 is 4.55. The summed E-state index contributed by atoms with van der Waals surface area (Å²) in [5, 5.41) is 5.13. The second kappa shape index (κ2) is 6.91. The van der Waals surface area contributed by atoms with E-state index in [4.69, 9.17) is 0 Å². The Balaban J connectivity index is 2.12. The maximum atomic E-state index is 12.3. The van der Waals surface area contributed by atoms with Gasteiger partial charge in [0.05, 0.1) is 0 Å². The summed E-state index contributed by atoms with van der Waals surface area (Å²) in [6, 6.07) is 9.15. The quantitative estimate of drug-likeness (QED) is 0.790. The highest BCUT2D eigenvalue weighted by atomic mass is 79.9. The van der Waals surface area contributed by atoms with Crippen molar-refractivity contribution in [3.05, 3.63) is 45.7 Å². The second-order valence-corrected chi connectivity index (χ2v) is 8.66. The summed E-state index contributed by atoms with van der Waals surface area (Å²) < 4.78 is 28.4. The number of hydrogen-bond acceptors (Lipinski definition) is 4. The Labute approximate surface area is 137 Å². The van der Waals surface area contributed by atoms with E-state index in [1.165, 1.54) is 11.3 Å². The fraction of sp³-hybridized carbons (Fsp3) is 0.286. The van der Waals surface area contributed by atoms with Crippen molar-refractivity contribution in [2.75, 3.05) is 4.72 Å². The van der Waals surface area contributed by atoms with Gasteiger partial charge in [-0.2, -0.15) is 0 Å². The summed E-state index contributed by atoms with van der Waals surface area (Å²) in [4.78, 5) is 0. The molecule has 0 fully saturated rings. The molecule has 7 heteroatoms. The van der Waals surface area contributed by atoms with E-state index in [1.54, 1.807) is 24.3 Å². The van der Waals surface area contributed by atoms with Crippen molar-refractivity contribution in [3.63, 3.8) is 0 Å². The molecule has 0 aliphatic rings. The molecule has 0 radical (unpaired) electrons. The standard InChI is InChI=1S/C14H17BrN2O2S2/c1-10(2)16-8-11-6-14(20-9-11)21(18,19)17-13-5-3-4-12(15)7-13/h3-7,9-10,16-17H,8H2,1-2H3. The first-order chi connectivity index (χ1) is 9.87. The topological polar surface area (TPSA) is 58.2 Å². The van der Waals surface area contributed by atoms with Gasteiger partial charge in [0.15, 0.2) is 0 Å². The summed E-state index contributed by atoms with van der Waals surface area (Å²) in [5.74, 6) is 0. The number of halogens is 1. The third-order valence-electron chi connectivity index (χ3n) is 2.69. The van der Waals surface area contributed by atoms with Gasteiger partial charge in [-0.25, -0.2) is 8.42 Å². The van der Waals surface area contributed by atoms with Gasteiger partial charge in [-0.1, -0.05) is 35.8 Å². The molecule has 2 aromatic rings. The molecular formula is C14H17BrN2O2S2. The monoisotopic (exact) mass is 388 g/mol. The van der Waals surface area contributed by atoms with Crippen LogP contribution in [0.4, 0.5) is 5.69 Å². The lowest BCUT2D eigenvalue weighted by Gasteiger charge is -2.07. The van der Waals surface area contributed by atoms with E-state index in [1.807, 2.05) is 11.4 Å². The SMILES string of the molecule is CC(C)NCc1csc(S(=O)(=O)Nc2cccc(Br)c2)c1. The van der Waals surface area contributed by atoms with Gasteiger partial charge in [-0.15, -0.1) is 11.3 Å². The Bertz CT molecular complexity index is 711. The molecule has 4 nitrogen and oxygen atoms in total. The van der Waals surface area contributed by atoms with Crippen molar-refractivity contribution < 1.29 is 8.42 Å². The van der Waals surface area contributed by atoms with Gasteiger partial charge in [-0.05, 0) is 35.2 Å². The minimum Gasteiger partial charge on any atom is -0.310 e. The zero-order valence-corrected chi connectivity index (χ0v) is 15.0. The first-order valence-electron chi connectivity index (χ1n) is 6.46. The van der Waals surface area contributed by atoms with Crippen molar-refractivity contribution in [1.29, 1.82) is 0 Å². The third kappa shape index (κ3) is 4.81. The molecule has 0 saturated heterocycles. The first kappa shape index (κ1) is 16.5. The molecule has 0 saturated carbocycles. The molecule has 1 heterocycles. The van der Waals surface area contributed by atoms with Crippen LogP contribution in [-0.2, 0) is 16.6 Å². The molecule has 2 rings (SSSR count). The average Bonchev–Trinajstić information content (AvgIpc) is 2.85. The first-order valence-corrected chi connectivity index (χ1v) is 9.61. The van der Waals surface area contributed by atoms with Crippen LogP contribution < -0.4 is 10.0 Å². The van der Waals surface area contributed by atoms with Crippen LogP contribution >= 0.6 is 27.3 Å². The molecule has 0 atom stereocenters. The summed E-state index contributed by atoms with van der Waals surface area (Å²) in [6.45, 7) is 4.78. The lowest BCUT2D eigenvalue weighted by molar-refractivity contribution is 0.589. The Morgan fingerprint density at radius 2 is 2.05 bits per heavy atom. The summed E-state index contributed by atoms with van der Waals surface area (Å²) in [7, 11) is -3.53. The molecule has 1 aromatic carbocycles. The van der Waals surface area contributed by atoms with Gasteiger partial charge in [0.25, 0.3) is 10.0 Å². The van der Waals surface area contributed by atoms with Crippen LogP contribution in [0, 0.1) is 0 Å². The average molecular weight is 389 g/mol. The van der Waals surface area contributed by atoms with Gasteiger partial charge in [0.2, 0.25) is 0 Å². The molecule has 0 amide bonds. The summed E-state index contributed by atoms with van der Waals surface area (Å²) in [5.41, 5.74) is 1.52. The number of anilines is 1. The summed E-state index contributed by atoms with van der Waals surface area (Å²) in [6.07, 6.45) is 0. The molecule has 0 unspecified atom stereocenters. The van der Waals surface area contributed by atoms with Crippen LogP contribution in [-0.4, -0.2) is 14.5 Å². The van der Waals surface area contributed by atoms with E-state index >= 15 is 0 Å². The van der Waals surface area contributed by atoms with Gasteiger partial charge < -0.3 is 5.32 Å². The number of rotatable bonds is 6. The highest BCUT2D eigenvalue weighted by Crippen LogP contribution is 2.24. The Hall–Kier alpha value is -0.890.